The summed E-state index contributed by atoms with van der Waals surface area (Å²) in [7, 11) is 0. The standard InChI is InChI=1S/C6H14N4O2.C5H12N4O3/c7-4(5(11)12)2-1-3-10-6(8)9;6-3(4(10)11)1-2-12-9-5(7)8/h4H,1-3,7H2,(H,11,12)(H4,8,9,10);3H,1-2,6H2,(H,10,11)(H4,7,8,9)/t4-;3-/m00/s1. The van der Waals surface area contributed by atoms with Crippen LogP contribution >= 0.6 is 0 Å². The van der Waals surface area contributed by atoms with Crippen LogP contribution in [0.1, 0.15) is 19.3 Å². The van der Waals surface area contributed by atoms with Gasteiger partial charge in [0.2, 0.25) is 5.96 Å². The van der Waals surface area contributed by atoms with Gasteiger partial charge in [-0.25, -0.2) is 5.48 Å². The van der Waals surface area contributed by atoms with Crippen LogP contribution < -0.4 is 33.7 Å². The number of guanidine groups is 2. The number of carboxylic acid groups (broad SMARTS) is 2. The van der Waals surface area contributed by atoms with Crippen molar-refractivity contribution in [3.63, 3.8) is 0 Å². The van der Waals surface area contributed by atoms with Gasteiger partial charge < -0.3 is 38.5 Å². The van der Waals surface area contributed by atoms with Crippen molar-refractivity contribution in [3.05, 3.63) is 0 Å². The molecule has 0 aromatic rings. The Morgan fingerprint density at radius 1 is 1.00 bits per heavy atom. The van der Waals surface area contributed by atoms with Crippen molar-refractivity contribution in [2.75, 3.05) is 13.2 Å². The Labute approximate surface area is 138 Å². The summed E-state index contributed by atoms with van der Waals surface area (Å²) in [5.41, 5.74) is 22.3. The monoisotopic (exact) mass is 350 g/mol. The summed E-state index contributed by atoms with van der Waals surface area (Å²) in [6, 6.07) is -1.77. The highest BCUT2D eigenvalue weighted by molar-refractivity contribution is 5.74. The molecule has 0 aromatic heterocycles. The average Bonchev–Trinajstić information content (AvgIpc) is 2.47. The lowest BCUT2D eigenvalue weighted by Gasteiger charge is -2.06. The fourth-order valence-corrected chi connectivity index (χ4v) is 1.11. The molecule has 140 valence electrons. The molecule has 0 radical (unpaired) electrons. The Morgan fingerprint density at radius 3 is 1.92 bits per heavy atom. The van der Waals surface area contributed by atoms with Crippen molar-refractivity contribution >= 4 is 23.9 Å². The second-order valence-electron chi connectivity index (χ2n) is 4.53. The zero-order valence-corrected chi connectivity index (χ0v) is 13.1. The number of nitrogens with one attached hydrogen (secondary N) is 4. The fourth-order valence-electron chi connectivity index (χ4n) is 1.11. The van der Waals surface area contributed by atoms with Crippen molar-refractivity contribution < 1.29 is 24.6 Å². The van der Waals surface area contributed by atoms with Gasteiger partial charge in [0.05, 0.1) is 6.61 Å². The lowest BCUT2D eigenvalue weighted by Crippen LogP contribution is -2.35. The number of carbonyl (C=O) groups is 2. The molecule has 0 unspecified atom stereocenters. The zero-order valence-electron chi connectivity index (χ0n) is 13.1. The quantitative estimate of drug-likeness (QED) is 0.0814. The number of hydrogen-bond donors (Lipinski definition) is 10. The van der Waals surface area contributed by atoms with Gasteiger partial charge in [-0.1, -0.05) is 0 Å². The SMILES string of the molecule is N=C(N)NCCC[C@H](N)C(=O)O.N=C(N)NOCC[C@H](N)C(=O)O. The minimum atomic E-state index is -1.08. The predicted octanol–water partition coefficient (Wildman–Crippen LogP) is -3.14. The van der Waals surface area contributed by atoms with Crippen LogP contribution in [-0.4, -0.2) is 59.3 Å². The lowest BCUT2D eigenvalue weighted by molar-refractivity contribution is -0.139. The van der Waals surface area contributed by atoms with Gasteiger partial charge in [0, 0.05) is 6.54 Å². The van der Waals surface area contributed by atoms with Crippen molar-refractivity contribution in [2.45, 2.75) is 31.3 Å². The Kier molecular flexibility index (Phi) is 13.8. The first-order valence-electron chi connectivity index (χ1n) is 6.84. The van der Waals surface area contributed by atoms with E-state index < -0.39 is 24.0 Å². The highest BCUT2D eigenvalue weighted by Crippen LogP contribution is 1.92. The number of nitrogens with two attached hydrogens (primary N) is 4. The molecule has 0 fully saturated rings. The first kappa shape index (κ1) is 23.6. The number of aliphatic carboxylic acids is 2. The van der Waals surface area contributed by atoms with Crippen LogP contribution in [0.3, 0.4) is 0 Å². The fraction of sp³-hybridized carbons (Fsp3) is 0.636. The molecule has 0 aliphatic rings. The third-order valence-electron chi connectivity index (χ3n) is 2.35. The molecule has 0 amide bonds. The van der Waals surface area contributed by atoms with E-state index in [9.17, 15) is 9.59 Å². The second-order valence-corrected chi connectivity index (χ2v) is 4.53. The van der Waals surface area contributed by atoms with Crippen LogP contribution in [-0.2, 0) is 14.4 Å². The van der Waals surface area contributed by atoms with E-state index in [2.05, 4.69) is 15.6 Å². The van der Waals surface area contributed by atoms with Crippen LogP contribution in [0.25, 0.3) is 0 Å². The molecule has 0 spiro atoms. The van der Waals surface area contributed by atoms with Crippen molar-refractivity contribution in [3.8, 4) is 0 Å². The van der Waals surface area contributed by atoms with Crippen LogP contribution in [0.2, 0.25) is 0 Å². The van der Waals surface area contributed by atoms with E-state index >= 15 is 0 Å². The van der Waals surface area contributed by atoms with Crippen molar-refractivity contribution in [1.82, 2.24) is 10.8 Å². The summed E-state index contributed by atoms with van der Waals surface area (Å²) in [5, 5.41) is 32.7. The minimum Gasteiger partial charge on any atom is -0.480 e. The van der Waals surface area contributed by atoms with Crippen molar-refractivity contribution in [1.29, 1.82) is 10.8 Å². The first-order chi connectivity index (χ1) is 11.1. The lowest BCUT2D eigenvalue weighted by atomic mass is 10.2. The number of rotatable bonds is 10. The molecule has 13 heteroatoms. The third kappa shape index (κ3) is 17.4. The van der Waals surface area contributed by atoms with Gasteiger partial charge in [-0.05, 0) is 19.3 Å². The van der Waals surface area contributed by atoms with Crippen LogP contribution in [0.4, 0.5) is 0 Å². The molecule has 2 atom stereocenters. The Bertz CT molecular complexity index is 381. The smallest absolute Gasteiger partial charge is 0.320 e. The molecular weight excluding hydrogens is 324 g/mol. The summed E-state index contributed by atoms with van der Waals surface area (Å²) < 4.78 is 0. The molecule has 0 aromatic carbocycles. The van der Waals surface area contributed by atoms with Gasteiger partial charge in [-0.3, -0.25) is 25.2 Å². The third-order valence-corrected chi connectivity index (χ3v) is 2.35. The van der Waals surface area contributed by atoms with Crippen LogP contribution in [0.15, 0.2) is 0 Å². The predicted molar refractivity (Wildman–Crippen MR) is 86.0 cm³/mol. The Balaban J connectivity index is 0. The molecular formula is C11H26N8O5. The molecule has 0 rings (SSSR count). The summed E-state index contributed by atoms with van der Waals surface area (Å²) >= 11 is 0. The van der Waals surface area contributed by atoms with E-state index in [1.807, 2.05) is 0 Å². The Hall–Kier alpha value is -2.64. The van der Waals surface area contributed by atoms with E-state index in [0.29, 0.717) is 19.4 Å². The van der Waals surface area contributed by atoms with E-state index in [1.54, 1.807) is 0 Å². The maximum atomic E-state index is 10.2. The maximum absolute atomic E-state index is 10.2. The van der Waals surface area contributed by atoms with Gasteiger partial charge in [-0.2, -0.15) is 0 Å². The minimum absolute atomic E-state index is 0.0903. The largest absolute Gasteiger partial charge is 0.480 e. The van der Waals surface area contributed by atoms with Gasteiger partial charge in [0.1, 0.15) is 12.1 Å². The van der Waals surface area contributed by atoms with Crippen LogP contribution in [0.5, 0.6) is 0 Å². The molecule has 13 nitrogen and oxygen atoms in total. The van der Waals surface area contributed by atoms with E-state index in [1.165, 1.54) is 0 Å². The van der Waals surface area contributed by atoms with Crippen LogP contribution in [0, 0.1) is 10.8 Å². The van der Waals surface area contributed by atoms with Gasteiger partial charge in [-0.15, -0.1) is 0 Å². The zero-order chi connectivity index (χ0) is 19.1. The molecule has 0 saturated carbocycles. The molecule has 0 saturated heterocycles. The van der Waals surface area contributed by atoms with E-state index in [0.717, 1.165) is 0 Å². The summed E-state index contributed by atoms with van der Waals surface area (Å²) in [5.74, 6) is -2.53. The summed E-state index contributed by atoms with van der Waals surface area (Å²) in [6.07, 6.45) is 1.14. The molecule has 0 bridgehead atoms. The highest BCUT2D eigenvalue weighted by atomic mass is 16.6. The Morgan fingerprint density at radius 2 is 1.50 bits per heavy atom. The topological polar surface area (TPSA) is 260 Å². The number of hydrogen-bond acceptors (Lipinski definition) is 7. The highest BCUT2D eigenvalue weighted by Gasteiger charge is 2.10. The molecule has 14 N–H and O–H groups in total. The normalized spacial score (nSPS) is 12.1. The maximum Gasteiger partial charge on any atom is 0.320 e. The average molecular weight is 350 g/mol. The number of carboxylic acids is 2. The van der Waals surface area contributed by atoms with Gasteiger partial charge in [0.15, 0.2) is 5.96 Å². The second kappa shape index (κ2) is 14.0. The molecule has 0 heterocycles. The van der Waals surface area contributed by atoms with Crippen molar-refractivity contribution in [2.24, 2.45) is 22.9 Å². The summed E-state index contributed by atoms with van der Waals surface area (Å²) in [6.45, 7) is 0.573. The number of hydroxylamine groups is 1. The molecule has 0 aliphatic carbocycles. The van der Waals surface area contributed by atoms with Gasteiger partial charge in [0.25, 0.3) is 0 Å². The van der Waals surface area contributed by atoms with E-state index in [4.69, 9.17) is 44.0 Å². The summed E-state index contributed by atoms with van der Waals surface area (Å²) in [4.78, 5) is 24.9. The van der Waals surface area contributed by atoms with Gasteiger partial charge >= 0.3 is 11.9 Å². The molecule has 24 heavy (non-hydrogen) atoms. The van der Waals surface area contributed by atoms with E-state index in [-0.39, 0.29) is 24.9 Å². The molecule has 0 aliphatic heterocycles. The first-order valence-corrected chi connectivity index (χ1v) is 6.84.